The van der Waals surface area contributed by atoms with E-state index in [1.807, 2.05) is 4.72 Å². The molecule has 1 aromatic rings. The van der Waals surface area contributed by atoms with Crippen LogP contribution in [0.4, 0.5) is 0 Å². The number of hydrogen-bond acceptors (Lipinski definition) is 6. The summed E-state index contributed by atoms with van der Waals surface area (Å²) in [6.07, 6.45) is 0.0573. The van der Waals surface area contributed by atoms with E-state index in [2.05, 4.69) is 0 Å². The molecule has 0 bridgehead atoms. The summed E-state index contributed by atoms with van der Waals surface area (Å²) < 4.78 is 26.2. The van der Waals surface area contributed by atoms with E-state index in [9.17, 15) is 28.2 Å². The number of carboxylic acids is 2. The fraction of sp³-hybridized carbons (Fsp3) is 0.385. The maximum absolute atomic E-state index is 12.1. The van der Waals surface area contributed by atoms with E-state index in [4.69, 9.17) is 0 Å². The molecular weight excluding hydrogens is 298 g/mol. The van der Waals surface area contributed by atoms with Crippen LogP contribution in [0.1, 0.15) is 30.6 Å². The molecule has 0 saturated heterocycles. The van der Waals surface area contributed by atoms with E-state index in [1.165, 1.54) is 12.1 Å². The van der Waals surface area contributed by atoms with Gasteiger partial charge in [-0.3, -0.25) is 0 Å². The third kappa shape index (κ3) is 4.83. The average molecular weight is 313 g/mol. The molecule has 0 spiro atoms. The molecule has 8 heteroatoms. The van der Waals surface area contributed by atoms with Crippen molar-refractivity contribution in [1.82, 2.24) is 4.72 Å². The van der Waals surface area contributed by atoms with Gasteiger partial charge < -0.3 is 19.8 Å². The third-order valence-electron chi connectivity index (χ3n) is 2.67. The van der Waals surface area contributed by atoms with Gasteiger partial charge >= 0.3 is 0 Å². The number of carbonyl (C=O) groups excluding carboxylic acids is 2. The summed E-state index contributed by atoms with van der Waals surface area (Å²) in [4.78, 5) is 21.4. The fourth-order valence-electron chi connectivity index (χ4n) is 1.71. The molecule has 0 aliphatic carbocycles. The van der Waals surface area contributed by atoms with Crippen LogP contribution in [0.25, 0.3) is 0 Å². The number of aromatic carboxylic acids is 1. The second-order valence-corrected chi connectivity index (χ2v) is 6.65. The topological polar surface area (TPSA) is 126 Å². The molecule has 1 N–H and O–H groups in total. The zero-order valence-electron chi connectivity index (χ0n) is 11.5. The van der Waals surface area contributed by atoms with Crippen molar-refractivity contribution in [3.05, 3.63) is 29.8 Å². The lowest BCUT2D eigenvalue weighted by Crippen LogP contribution is -2.48. The van der Waals surface area contributed by atoms with Gasteiger partial charge in [0, 0.05) is 0 Å². The van der Waals surface area contributed by atoms with Crippen LogP contribution in [-0.4, -0.2) is 26.4 Å². The number of nitrogens with one attached hydrogen (secondary N) is 1. The highest BCUT2D eigenvalue weighted by atomic mass is 32.2. The Hall–Kier alpha value is -1.93. The van der Waals surface area contributed by atoms with Gasteiger partial charge in [0.1, 0.15) is 0 Å². The van der Waals surface area contributed by atoms with Crippen LogP contribution in [0, 0.1) is 5.92 Å². The Labute approximate surface area is 122 Å². The minimum Gasteiger partial charge on any atom is -0.548 e. The molecule has 0 aliphatic rings. The van der Waals surface area contributed by atoms with Crippen LogP contribution >= 0.6 is 0 Å². The Morgan fingerprint density at radius 2 is 1.86 bits per heavy atom. The molecule has 1 aromatic carbocycles. The van der Waals surface area contributed by atoms with Gasteiger partial charge in [0.25, 0.3) is 0 Å². The summed E-state index contributed by atoms with van der Waals surface area (Å²) in [6, 6.07) is 3.09. The second kappa shape index (κ2) is 6.68. The summed E-state index contributed by atoms with van der Waals surface area (Å²) in [7, 11) is -4.17. The highest BCUT2D eigenvalue weighted by Gasteiger charge is 2.22. The zero-order valence-corrected chi connectivity index (χ0v) is 12.3. The fourth-order valence-corrected chi connectivity index (χ4v) is 2.95. The third-order valence-corrected chi connectivity index (χ3v) is 4.14. The highest BCUT2D eigenvalue weighted by Crippen LogP contribution is 2.13. The number of benzene rings is 1. The van der Waals surface area contributed by atoms with Crippen molar-refractivity contribution < 1.29 is 28.2 Å². The summed E-state index contributed by atoms with van der Waals surface area (Å²) in [5.41, 5.74) is -0.313. The lowest BCUT2D eigenvalue weighted by molar-refractivity contribution is -0.308. The van der Waals surface area contributed by atoms with Crippen molar-refractivity contribution in [3.63, 3.8) is 0 Å². The Morgan fingerprint density at radius 3 is 2.33 bits per heavy atom. The van der Waals surface area contributed by atoms with Gasteiger partial charge in [-0.25, -0.2) is 13.1 Å². The number of carbonyl (C=O) groups is 2. The summed E-state index contributed by atoms with van der Waals surface area (Å²) in [5, 5.41) is 21.7. The van der Waals surface area contributed by atoms with Crippen molar-refractivity contribution >= 4 is 22.0 Å². The van der Waals surface area contributed by atoms with Crippen molar-refractivity contribution in [2.24, 2.45) is 5.92 Å². The smallest absolute Gasteiger partial charge is 0.241 e. The number of sulfonamides is 1. The molecule has 0 unspecified atom stereocenters. The van der Waals surface area contributed by atoms with Crippen LogP contribution in [0.5, 0.6) is 0 Å². The monoisotopic (exact) mass is 313 g/mol. The predicted molar refractivity (Wildman–Crippen MR) is 69.3 cm³/mol. The van der Waals surface area contributed by atoms with Gasteiger partial charge in [0.05, 0.1) is 22.9 Å². The molecule has 0 aromatic heterocycles. The quantitative estimate of drug-likeness (QED) is 0.652. The van der Waals surface area contributed by atoms with Crippen LogP contribution in [0.2, 0.25) is 0 Å². The summed E-state index contributed by atoms with van der Waals surface area (Å²) in [5.74, 6) is -3.13. The SMILES string of the molecule is CC(C)C[C@H](NS(=O)(=O)c1cccc(C(=O)[O-])c1)C(=O)[O-]. The molecule has 1 rings (SSSR count). The first kappa shape index (κ1) is 17.1. The summed E-state index contributed by atoms with van der Waals surface area (Å²) in [6.45, 7) is 3.47. The lowest BCUT2D eigenvalue weighted by Gasteiger charge is -2.21. The number of hydrogen-bond donors (Lipinski definition) is 1. The number of carboxylic acid groups (broad SMARTS) is 2. The molecule has 7 nitrogen and oxygen atoms in total. The highest BCUT2D eigenvalue weighted by molar-refractivity contribution is 7.89. The van der Waals surface area contributed by atoms with E-state index in [-0.39, 0.29) is 22.8 Å². The first-order chi connectivity index (χ1) is 9.63. The second-order valence-electron chi connectivity index (χ2n) is 4.94. The molecule has 1 atom stereocenters. The van der Waals surface area contributed by atoms with Crippen molar-refractivity contribution in [2.75, 3.05) is 0 Å². The van der Waals surface area contributed by atoms with Gasteiger partial charge in [-0.05, 0) is 30.0 Å². The van der Waals surface area contributed by atoms with E-state index in [0.29, 0.717) is 0 Å². The minimum atomic E-state index is -4.17. The van der Waals surface area contributed by atoms with Gasteiger partial charge in [0.2, 0.25) is 10.0 Å². The molecule has 0 fully saturated rings. The van der Waals surface area contributed by atoms with Gasteiger partial charge in [-0.1, -0.05) is 26.0 Å². The van der Waals surface area contributed by atoms with E-state index in [0.717, 1.165) is 12.1 Å². The van der Waals surface area contributed by atoms with E-state index in [1.54, 1.807) is 13.8 Å². The first-order valence-electron chi connectivity index (χ1n) is 6.18. The molecule has 116 valence electrons. The molecule has 0 amide bonds. The Kier molecular flexibility index (Phi) is 5.45. The number of aliphatic carboxylic acids is 1. The van der Waals surface area contributed by atoms with Gasteiger partial charge in [-0.2, -0.15) is 0 Å². The van der Waals surface area contributed by atoms with Crippen LogP contribution in [-0.2, 0) is 14.8 Å². The van der Waals surface area contributed by atoms with E-state index >= 15 is 0 Å². The van der Waals surface area contributed by atoms with Crippen LogP contribution in [0.15, 0.2) is 29.2 Å². The first-order valence-corrected chi connectivity index (χ1v) is 7.66. The normalized spacial score (nSPS) is 13.1. The largest absolute Gasteiger partial charge is 0.548 e. The minimum absolute atomic E-state index is 0.0573. The molecule has 0 radical (unpaired) electrons. The maximum Gasteiger partial charge on any atom is 0.241 e. The Morgan fingerprint density at radius 1 is 1.24 bits per heavy atom. The average Bonchev–Trinajstić information content (AvgIpc) is 2.37. The van der Waals surface area contributed by atoms with Crippen LogP contribution in [0.3, 0.4) is 0 Å². The molecule has 0 saturated carbocycles. The Balaban J connectivity index is 3.07. The van der Waals surface area contributed by atoms with Crippen LogP contribution < -0.4 is 14.9 Å². The van der Waals surface area contributed by atoms with Crippen molar-refractivity contribution in [2.45, 2.75) is 31.2 Å². The summed E-state index contributed by atoms with van der Waals surface area (Å²) >= 11 is 0. The number of rotatable bonds is 7. The standard InChI is InChI=1S/C13H17NO6S/c1-8(2)6-11(13(17)18)14-21(19,20)10-5-3-4-9(7-10)12(15)16/h3-5,7-8,11,14H,6H2,1-2H3,(H,15,16)(H,17,18)/p-2/t11-/m0/s1. The van der Waals surface area contributed by atoms with Crippen molar-refractivity contribution in [3.8, 4) is 0 Å². The maximum atomic E-state index is 12.1. The molecular formula is C13H15NO6S-2. The molecule has 0 aliphatic heterocycles. The van der Waals surface area contributed by atoms with Gasteiger partial charge in [0.15, 0.2) is 0 Å². The Bertz CT molecular complexity index is 638. The molecule has 0 heterocycles. The lowest BCUT2D eigenvalue weighted by atomic mass is 10.1. The zero-order chi connectivity index (χ0) is 16.2. The van der Waals surface area contributed by atoms with E-state index < -0.39 is 28.0 Å². The predicted octanol–water partition coefficient (Wildman–Crippen LogP) is -1.51. The molecule has 21 heavy (non-hydrogen) atoms. The van der Waals surface area contributed by atoms with Crippen molar-refractivity contribution in [1.29, 1.82) is 0 Å². The van der Waals surface area contributed by atoms with Gasteiger partial charge in [-0.15, -0.1) is 0 Å².